The van der Waals surface area contributed by atoms with Crippen LogP contribution in [0, 0.1) is 0 Å². The van der Waals surface area contributed by atoms with E-state index in [1.807, 2.05) is 21.7 Å². The van der Waals surface area contributed by atoms with E-state index in [4.69, 9.17) is 14.6 Å². The van der Waals surface area contributed by atoms with Gasteiger partial charge in [0.25, 0.3) is 0 Å². The summed E-state index contributed by atoms with van der Waals surface area (Å²) in [4.78, 5) is 0. The quantitative estimate of drug-likeness (QED) is 0.548. The minimum Gasteiger partial charge on any atom is -0.394 e. The highest BCUT2D eigenvalue weighted by atomic mass is 16.6. The van der Waals surface area contributed by atoms with Gasteiger partial charge in [0, 0.05) is 11.9 Å². The van der Waals surface area contributed by atoms with E-state index in [2.05, 4.69) is 0 Å². The summed E-state index contributed by atoms with van der Waals surface area (Å²) in [5, 5.41) is 18.1. The molecule has 0 amide bonds. The third-order valence-electron chi connectivity index (χ3n) is 1.87. The predicted octanol–water partition coefficient (Wildman–Crippen LogP) is -1.16. The van der Waals surface area contributed by atoms with Crippen LogP contribution in [0.5, 0.6) is 0 Å². The van der Waals surface area contributed by atoms with Crippen LogP contribution in [0.15, 0.2) is 0 Å². The average molecular weight is 188 g/mol. The van der Waals surface area contributed by atoms with Crippen LogP contribution in [0.25, 0.3) is 0 Å². The summed E-state index contributed by atoms with van der Waals surface area (Å²) >= 11 is 0. The van der Waals surface area contributed by atoms with Crippen molar-refractivity contribution in [2.24, 2.45) is 0 Å². The minimum atomic E-state index is -0.801. The molecule has 1 saturated heterocycles. The minimum absolute atomic E-state index is 0.113. The zero-order valence-corrected chi connectivity index (χ0v) is 8.36. The number of rotatable bonds is 3. The molecule has 0 aliphatic carbocycles. The van der Waals surface area contributed by atoms with E-state index in [0.717, 1.165) is 0 Å². The molecule has 1 aliphatic rings. The van der Waals surface area contributed by atoms with Crippen molar-refractivity contribution in [3.05, 3.63) is 0 Å². The van der Waals surface area contributed by atoms with Crippen LogP contribution in [-0.4, -0.2) is 48.7 Å². The maximum absolute atomic E-state index is 9.18. The number of ether oxygens (including phenoxy) is 2. The van der Waals surface area contributed by atoms with Gasteiger partial charge in [0.05, 0.1) is 12.7 Å². The SMILES string of the molecule is BC(C)(C)O[C@H]1CC(O)O[C@@H]1CO. The van der Waals surface area contributed by atoms with E-state index in [-0.39, 0.29) is 18.2 Å². The molecule has 76 valence electrons. The van der Waals surface area contributed by atoms with Crippen LogP contribution in [0.3, 0.4) is 0 Å². The van der Waals surface area contributed by atoms with Crippen LogP contribution >= 0.6 is 0 Å². The van der Waals surface area contributed by atoms with Crippen molar-refractivity contribution in [2.45, 2.75) is 44.3 Å². The molecule has 2 N–H and O–H groups in total. The molecule has 0 saturated carbocycles. The number of aliphatic hydroxyl groups is 2. The first-order valence-electron chi connectivity index (χ1n) is 4.54. The van der Waals surface area contributed by atoms with Gasteiger partial charge in [-0.3, -0.25) is 0 Å². The predicted molar refractivity (Wildman–Crippen MR) is 50.1 cm³/mol. The van der Waals surface area contributed by atoms with Gasteiger partial charge >= 0.3 is 0 Å². The van der Waals surface area contributed by atoms with Crippen molar-refractivity contribution in [3.8, 4) is 0 Å². The smallest absolute Gasteiger partial charge is 0.157 e. The second kappa shape index (κ2) is 3.96. The second-order valence-corrected chi connectivity index (χ2v) is 4.32. The van der Waals surface area contributed by atoms with E-state index in [1.165, 1.54) is 0 Å². The molecule has 0 aromatic rings. The van der Waals surface area contributed by atoms with Gasteiger partial charge in [-0.15, -0.1) is 0 Å². The molecular formula is C8H17BO4. The molecule has 4 nitrogen and oxygen atoms in total. The monoisotopic (exact) mass is 188 g/mol. The van der Waals surface area contributed by atoms with Gasteiger partial charge in [-0.1, -0.05) is 0 Å². The van der Waals surface area contributed by atoms with Gasteiger partial charge in [-0.05, 0) is 13.8 Å². The van der Waals surface area contributed by atoms with Crippen LogP contribution in [-0.2, 0) is 9.47 Å². The first kappa shape index (κ1) is 11.0. The molecule has 0 aromatic heterocycles. The van der Waals surface area contributed by atoms with Crippen LogP contribution in [0.2, 0.25) is 0 Å². The van der Waals surface area contributed by atoms with E-state index in [1.54, 1.807) is 0 Å². The Kier molecular flexibility index (Phi) is 3.35. The Morgan fingerprint density at radius 3 is 2.69 bits per heavy atom. The van der Waals surface area contributed by atoms with Gasteiger partial charge in [-0.25, -0.2) is 0 Å². The van der Waals surface area contributed by atoms with Crippen molar-refractivity contribution in [2.75, 3.05) is 6.61 Å². The highest BCUT2D eigenvalue weighted by Gasteiger charge is 2.36. The molecule has 1 aliphatic heterocycles. The van der Waals surface area contributed by atoms with Gasteiger partial charge in [-0.2, -0.15) is 0 Å². The summed E-state index contributed by atoms with van der Waals surface area (Å²) < 4.78 is 10.7. The maximum Gasteiger partial charge on any atom is 0.157 e. The van der Waals surface area contributed by atoms with Gasteiger partial charge in [0.1, 0.15) is 14.0 Å². The van der Waals surface area contributed by atoms with Gasteiger partial charge < -0.3 is 19.7 Å². The Balaban J connectivity index is 2.49. The molecule has 5 heteroatoms. The number of aliphatic hydroxyl groups excluding tert-OH is 2. The topological polar surface area (TPSA) is 58.9 Å². The average Bonchev–Trinajstić information content (AvgIpc) is 2.27. The van der Waals surface area contributed by atoms with E-state index < -0.39 is 12.4 Å². The van der Waals surface area contributed by atoms with Crippen molar-refractivity contribution in [1.29, 1.82) is 0 Å². The van der Waals surface area contributed by atoms with E-state index >= 15 is 0 Å². The molecule has 0 spiro atoms. The summed E-state index contributed by atoms with van der Waals surface area (Å²) in [5.74, 6) is 0. The van der Waals surface area contributed by atoms with Crippen molar-refractivity contribution in [3.63, 3.8) is 0 Å². The largest absolute Gasteiger partial charge is 0.394 e. The Bertz CT molecular complexity index is 168. The number of hydrogen-bond acceptors (Lipinski definition) is 4. The third kappa shape index (κ3) is 3.27. The molecule has 1 unspecified atom stereocenters. The highest BCUT2D eigenvalue weighted by molar-refractivity contribution is 6.13. The molecule has 1 heterocycles. The fourth-order valence-corrected chi connectivity index (χ4v) is 1.43. The van der Waals surface area contributed by atoms with Crippen molar-refractivity contribution < 1.29 is 19.7 Å². The Morgan fingerprint density at radius 2 is 2.23 bits per heavy atom. The van der Waals surface area contributed by atoms with Gasteiger partial charge in [0.15, 0.2) is 6.29 Å². The summed E-state index contributed by atoms with van der Waals surface area (Å²) in [6.07, 6.45) is -0.971. The first-order valence-corrected chi connectivity index (χ1v) is 4.54. The summed E-state index contributed by atoms with van der Waals surface area (Å²) in [6, 6.07) is 0. The maximum atomic E-state index is 9.18. The molecule has 13 heavy (non-hydrogen) atoms. The molecule has 1 rings (SSSR count). The number of hydrogen-bond donors (Lipinski definition) is 2. The lowest BCUT2D eigenvalue weighted by Gasteiger charge is -2.27. The van der Waals surface area contributed by atoms with Crippen molar-refractivity contribution >= 4 is 7.85 Å². The fourth-order valence-electron chi connectivity index (χ4n) is 1.43. The zero-order valence-electron chi connectivity index (χ0n) is 8.36. The van der Waals surface area contributed by atoms with E-state index in [9.17, 15) is 5.11 Å². The second-order valence-electron chi connectivity index (χ2n) is 4.32. The lowest BCUT2D eigenvalue weighted by molar-refractivity contribution is -0.118. The third-order valence-corrected chi connectivity index (χ3v) is 1.87. The van der Waals surface area contributed by atoms with Crippen LogP contribution in [0.4, 0.5) is 0 Å². The standard InChI is InChI=1S/C8H17BO4/c1-8(2,9)13-5-3-7(11)12-6(5)4-10/h5-7,10-11H,3-4,9H2,1-2H3/t5-,6+,7?/m0/s1. The highest BCUT2D eigenvalue weighted by Crippen LogP contribution is 2.24. The normalized spacial score (nSPS) is 35.2. The molecule has 0 radical (unpaired) electrons. The Labute approximate surface area is 79.3 Å². The van der Waals surface area contributed by atoms with E-state index in [0.29, 0.717) is 6.42 Å². The molecule has 0 aromatic carbocycles. The zero-order chi connectivity index (χ0) is 10.1. The Hall–Kier alpha value is -0.0951. The van der Waals surface area contributed by atoms with Crippen molar-refractivity contribution in [1.82, 2.24) is 0 Å². The lowest BCUT2D eigenvalue weighted by atomic mass is 9.85. The van der Waals surface area contributed by atoms with Gasteiger partial charge in [0.2, 0.25) is 0 Å². The summed E-state index contributed by atoms with van der Waals surface area (Å²) in [7, 11) is 1.94. The van der Waals surface area contributed by atoms with Crippen LogP contribution < -0.4 is 0 Å². The summed E-state index contributed by atoms with van der Waals surface area (Å²) in [5.41, 5.74) is -0.272. The molecule has 1 fully saturated rings. The molecule has 0 bridgehead atoms. The lowest BCUT2D eigenvalue weighted by Crippen LogP contribution is -2.37. The Morgan fingerprint density at radius 1 is 1.62 bits per heavy atom. The molecule has 3 atom stereocenters. The summed E-state index contributed by atoms with van der Waals surface area (Å²) in [6.45, 7) is 3.76. The first-order chi connectivity index (χ1) is 5.92. The van der Waals surface area contributed by atoms with Crippen LogP contribution in [0.1, 0.15) is 20.3 Å². The fraction of sp³-hybridized carbons (Fsp3) is 1.00. The molecular weight excluding hydrogens is 171 g/mol.